The molecule has 0 heterocycles. The van der Waals surface area contributed by atoms with Crippen molar-refractivity contribution in [2.45, 2.75) is 12.1 Å². The van der Waals surface area contributed by atoms with E-state index in [1.54, 1.807) is 12.1 Å². The summed E-state index contributed by atoms with van der Waals surface area (Å²) in [5.41, 5.74) is 5.84. The minimum absolute atomic E-state index is 0.159. The molecular weight excluding hydrogens is 241 g/mol. The molecule has 0 saturated carbocycles. The van der Waals surface area contributed by atoms with E-state index >= 15 is 0 Å². The van der Waals surface area contributed by atoms with Crippen molar-refractivity contribution in [2.75, 3.05) is 0 Å². The number of hydrogen-bond acceptors (Lipinski definition) is 3. The molecule has 1 aromatic carbocycles. The van der Waals surface area contributed by atoms with Gasteiger partial charge in [-0.2, -0.15) is 0 Å². The summed E-state index contributed by atoms with van der Waals surface area (Å²) >= 11 is 11.5. The molecule has 4 nitrogen and oxygen atoms in total. The molecule has 0 radical (unpaired) electrons. The zero-order valence-electron chi connectivity index (χ0n) is 7.52. The highest BCUT2D eigenvalue weighted by Crippen LogP contribution is 2.30. The van der Waals surface area contributed by atoms with Crippen molar-refractivity contribution in [3.63, 3.8) is 0 Å². The van der Waals surface area contributed by atoms with Crippen molar-refractivity contribution < 1.29 is 15.0 Å². The highest BCUT2D eigenvalue weighted by Gasteiger charge is 2.25. The van der Waals surface area contributed by atoms with Gasteiger partial charge in [0.05, 0.1) is 16.1 Å². The van der Waals surface area contributed by atoms with Crippen LogP contribution in [0.4, 0.5) is 0 Å². The maximum atomic E-state index is 10.5. The van der Waals surface area contributed by atoms with Crippen molar-refractivity contribution in [3.05, 3.63) is 33.8 Å². The van der Waals surface area contributed by atoms with Crippen LogP contribution in [0.25, 0.3) is 0 Å². The highest BCUT2D eigenvalue weighted by atomic mass is 35.5. The lowest BCUT2D eigenvalue weighted by atomic mass is 10.0. The largest absolute Gasteiger partial charge is 0.479 e. The lowest BCUT2D eigenvalue weighted by Gasteiger charge is -2.17. The van der Waals surface area contributed by atoms with Gasteiger partial charge < -0.3 is 15.9 Å². The predicted octanol–water partition coefficient (Wildman–Crippen LogP) is 1.44. The van der Waals surface area contributed by atoms with Crippen LogP contribution in [-0.2, 0) is 4.79 Å². The lowest BCUT2D eigenvalue weighted by Crippen LogP contribution is -2.33. The minimum atomic E-state index is -1.71. The second-order valence-electron chi connectivity index (χ2n) is 2.95. The van der Waals surface area contributed by atoms with Crippen LogP contribution >= 0.6 is 23.2 Å². The quantitative estimate of drug-likeness (QED) is 0.757. The van der Waals surface area contributed by atoms with Gasteiger partial charge in [0.1, 0.15) is 0 Å². The number of aliphatic hydroxyl groups excluding tert-OH is 1. The second-order valence-corrected chi connectivity index (χ2v) is 3.74. The van der Waals surface area contributed by atoms with Crippen LogP contribution in [-0.4, -0.2) is 22.3 Å². The van der Waals surface area contributed by atoms with Gasteiger partial charge in [-0.3, -0.25) is 0 Å². The third kappa shape index (κ3) is 2.60. The molecule has 15 heavy (non-hydrogen) atoms. The van der Waals surface area contributed by atoms with Gasteiger partial charge in [-0.15, -0.1) is 0 Å². The fourth-order valence-corrected chi connectivity index (χ4v) is 1.54. The molecule has 0 fully saturated rings. The zero-order valence-corrected chi connectivity index (χ0v) is 9.03. The smallest absolute Gasteiger partial charge is 0.334 e. The molecule has 0 saturated heterocycles. The summed E-state index contributed by atoms with van der Waals surface area (Å²) in [7, 11) is 0. The van der Waals surface area contributed by atoms with E-state index in [4.69, 9.17) is 34.0 Å². The van der Waals surface area contributed by atoms with E-state index in [1.165, 1.54) is 6.07 Å². The van der Waals surface area contributed by atoms with E-state index in [-0.39, 0.29) is 10.0 Å². The Bertz CT molecular complexity index is 384. The van der Waals surface area contributed by atoms with Gasteiger partial charge in [-0.05, 0) is 11.6 Å². The van der Waals surface area contributed by atoms with Gasteiger partial charge in [0.25, 0.3) is 0 Å². The van der Waals surface area contributed by atoms with E-state index in [9.17, 15) is 9.90 Å². The standard InChI is InChI=1S/C9H9Cl2NO3/c10-5-3-1-2-4(6(5)11)7(12)8(13)9(14)15/h1-3,7-8,13H,12H2,(H,14,15)/t7-,8-/m0/s1. The molecule has 0 aliphatic heterocycles. The molecule has 0 aliphatic carbocycles. The number of aliphatic carboxylic acids is 1. The van der Waals surface area contributed by atoms with Crippen LogP contribution in [0, 0.1) is 0 Å². The van der Waals surface area contributed by atoms with Gasteiger partial charge in [0.2, 0.25) is 0 Å². The average Bonchev–Trinajstić information content (AvgIpc) is 2.20. The Kier molecular flexibility index (Phi) is 3.93. The third-order valence-corrected chi connectivity index (χ3v) is 2.77. The normalized spacial score (nSPS) is 14.7. The fourth-order valence-electron chi connectivity index (χ4n) is 1.10. The van der Waals surface area contributed by atoms with Crippen molar-refractivity contribution in [3.8, 4) is 0 Å². The number of benzene rings is 1. The molecule has 1 aromatic rings. The summed E-state index contributed by atoms with van der Waals surface area (Å²) in [6.07, 6.45) is -1.71. The number of carboxylic acids is 1. The van der Waals surface area contributed by atoms with Gasteiger partial charge in [-0.25, -0.2) is 4.79 Å². The topological polar surface area (TPSA) is 83.5 Å². The highest BCUT2D eigenvalue weighted by molar-refractivity contribution is 6.42. The summed E-state index contributed by atoms with van der Waals surface area (Å²) < 4.78 is 0. The SMILES string of the molecule is N[C@@H](c1cccc(Cl)c1Cl)[C@H](O)C(=O)O. The van der Waals surface area contributed by atoms with Crippen molar-refractivity contribution in [1.29, 1.82) is 0 Å². The number of nitrogens with two attached hydrogens (primary N) is 1. The summed E-state index contributed by atoms with van der Waals surface area (Å²) in [6, 6.07) is 3.55. The van der Waals surface area contributed by atoms with Crippen LogP contribution in [0.2, 0.25) is 10.0 Å². The summed E-state index contributed by atoms with van der Waals surface area (Å²) in [5, 5.41) is 18.2. The Morgan fingerprint density at radius 2 is 2.00 bits per heavy atom. The molecule has 0 amide bonds. The first-order valence-corrected chi connectivity index (χ1v) is 4.81. The van der Waals surface area contributed by atoms with Gasteiger partial charge in [0.15, 0.2) is 6.10 Å². The monoisotopic (exact) mass is 249 g/mol. The molecule has 4 N–H and O–H groups in total. The first-order valence-electron chi connectivity index (χ1n) is 4.05. The number of carboxylic acid groups (broad SMARTS) is 1. The molecule has 0 unspecified atom stereocenters. The summed E-state index contributed by atoms with van der Waals surface area (Å²) in [4.78, 5) is 10.5. The molecule has 0 aliphatic rings. The molecule has 0 spiro atoms. The van der Waals surface area contributed by atoms with E-state index in [0.717, 1.165) is 0 Å². The Labute approximate surface area is 96.2 Å². The second kappa shape index (κ2) is 4.81. The van der Waals surface area contributed by atoms with E-state index in [0.29, 0.717) is 5.56 Å². The van der Waals surface area contributed by atoms with Crippen LogP contribution < -0.4 is 5.73 Å². The molecule has 1 rings (SSSR count). The first-order chi connectivity index (χ1) is 6.95. The minimum Gasteiger partial charge on any atom is -0.479 e. The Balaban J connectivity index is 3.06. The van der Waals surface area contributed by atoms with E-state index in [1.807, 2.05) is 0 Å². The van der Waals surface area contributed by atoms with Gasteiger partial charge in [-0.1, -0.05) is 35.3 Å². The number of hydrogen-bond donors (Lipinski definition) is 3. The Morgan fingerprint density at radius 1 is 1.40 bits per heavy atom. The zero-order chi connectivity index (χ0) is 11.6. The molecule has 0 bridgehead atoms. The number of halogens is 2. The van der Waals surface area contributed by atoms with Crippen LogP contribution in [0.15, 0.2) is 18.2 Å². The van der Waals surface area contributed by atoms with Crippen molar-refractivity contribution in [1.82, 2.24) is 0 Å². The molecule has 6 heteroatoms. The maximum Gasteiger partial charge on any atom is 0.334 e. The van der Waals surface area contributed by atoms with Crippen molar-refractivity contribution >= 4 is 29.2 Å². The lowest BCUT2D eigenvalue weighted by molar-refractivity contribution is -0.147. The molecule has 2 atom stereocenters. The van der Waals surface area contributed by atoms with Crippen molar-refractivity contribution in [2.24, 2.45) is 5.73 Å². The Morgan fingerprint density at radius 3 is 2.53 bits per heavy atom. The number of rotatable bonds is 3. The maximum absolute atomic E-state index is 10.5. The van der Waals surface area contributed by atoms with Gasteiger partial charge in [0, 0.05) is 0 Å². The van der Waals surface area contributed by atoms with Crippen LogP contribution in [0.3, 0.4) is 0 Å². The Hall–Kier alpha value is -0.810. The average molecular weight is 250 g/mol. The molecular formula is C9H9Cl2NO3. The van der Waals surface area contributed by atoms with Crippen LogP contribution in [0.5, 0.6) is 0 Å². The summed E-state index contributed by atoms with van der Waals surface area (Å²) in [6.45, 7) is 0. The van der Waals surface area contributed by atoms with E-state index < -0.39 is 18.1 Å². The van der Waals surface area contributed by atoms with Gasteiger partial charge >= 0.3 is 5.97 Å². The number of aliphatic hydroxyl groups is 1. The third-order valence-electron chi connectivity index (χ3n) is 1.93. The summed E-state index contributed by atoms with van der Waals surface area (Å²) in [5.74, 6) is -1.40. The molecule has 82 valence electrons. The van der Waals surface area contributed by atoms with Crippen LogP contribution in [0.1, 0.15) is 11.6 Å². The first kappa shape index (κ1) is 12.3. The molecule has 0 aromatic heterocycles. The predicted molar refractivity (Wildman–Crippen MR) is 57.0 cm³/mol. The number of carbonyl (C=O) groups is 1. The fraction of sp³-hybridized carbons (Fsp3) is 0.222. The van der Waals surface area contributed by atoms with E-state index in [2.05, 4.69) is 0 Å².